The standard InChI is InChI=1S/C17H17N5O/c1-9-8-10(9)13-6-7-14(23-13)15-20-16(18)21-17-19-11-4-2-3-5-12(11)22(15)17/h2-7,9-10,15H,8H2,1H3,(H3,18,19,20,21). The second kappa shape index (κ2) is 4.38. The molecule has 0 saturated heterocycles. The Labute approximate surface area is 133 Å². The molecule has 1 saturated carbocycles. The number of nitrogens with one attached hydrogen (secondary N) is 1. The molecule has 5 rings (SSSR count). The van der Waals surface area contributed by atoms with Crippen molar-refractivity contribution in [2.24, 2.45) is 16.6 Å². The van der Waals surface area contributed by atoms with Crippen molar-refractivity contribution in [1.29, 1.82) is 0 Å². The monoisotopic (exact) mass is 307 g/mol. The van der Waals surface area contributed by atoms with Gasteiger partial charge in [-0.25, -0.2) is 9.98 Å². The van der Waals surface area contributed by atoms with E-state index in [1.165, 1.54) is 6.42 Å². The van der Waals surface area contributed by atoms with Gasteiger partial charge in [-0.05, 0) is 36.6 Å². The van der Waals surface area contributed by atoms with Crippen molar-refractivity contribution >= 4 is 22.9 Å². The van der Waals surface area contributed by atoms with Gasteiger partial charge in [0.15, 0.2) is 12.1 Å². The highest BCUT2D eigenvalue weighted by Gasteiger charge is 2.37. The summed E-state index contributed by atoms with van der Waals surface area (Å²) in [5.41, 5.74) is 7.86. The summed E-state index contributed by atoms with van der Waals surface area (Å²) in [6, 6.07) is 12.1. The molecule has 1 aliphatic carbocycles. The van der Waals surface area contributed by atoms with E-state index in [2.05, 4.69) is 28.3 Å². The molecule has 6 heteroatoms. The Morgan fingerprint density at radius 1 is 1.22 bits per heavy atom. The van der Waals surface area contributed by atoms with Crippen LogP contribution in [0.1, 0.15) is 36.9 Å². The smallest absolute Gasteiger partial charge is 0.212 e. The van der Waals surface area contributed by atoms with Crippen molar-refractivity contribution in [3.8, 4) is 0 Å². The SMILES string of the molecule is CC1CC1c1ccc(C2N=C(N)Nc3nc4ccccc4n32)o1. The zero-order chi connectivity index (χ0) is 15.6. The molecule has 6 nitrogen and oxygen atoms in total. The maximum Gasteiger partial charge on any atom is 0.212 e. The summed E-state index contributed by atoms with van der Waals surface area (Å²) < 4.78 is 8.13. The number of anilines is 1. The number of furan rings is 1. The Morgan fingerprint density at radius 2 is 2.00 bits per heavy atom. The van der Waals surface area contributed by atoms with Crippen molar-refractivity contribution in [2.45, 2.75) is 25.4 Å². The van der Waals surface area contributed by atoms with E-state index < -0.39 is 0 Å². The summed E-state index contributed by atoms with van der Waals surface area (Å²) >= 11 is 0. The molecule has 3 heterocycles. The first kappa shape index (κ1) is 12.8. The van der Waals surface area contributed by atoms with E-state index >= 15 is 0 Å². The number of hydrogen-bond donors (Lipinski definition) is 2. The molecule has 0 amide bonds. The number of aliphatic imine (C=N–C) groups is 1. The van der Waals surface area contributed by atoms with E-state index in [0.717, 1.165) is 22.6 Å². The maximum atomic E-state index is 6.10. The lowest BCUT2D eigenvalue weighted by molar-refractivity contribution is 0.411. The number of guanidine groups is 1. The minimum atomic E-state index is -0.318. The molecule has 2 aliphatic rings. The van der Waals surface area contributed by atoms with Gasteiger partial charge in [-0.1, -0.05) is 19.1 Å². The zero-order valence-electron chi connectivity index (χ0n) is 12.7. The van der Waals surface area contributed by atoms with E-state index in [-0.39, 0.29) is 6.17 Å². The summed E-state index contributed by atoms with van der Waals surface area (Å²) in [6.45, 7) is 2.25. The molecule has 0 spiro atoms. The number of imidazole rings is 1. The highest BCUT2D eigenvalue weighted by Crippen LogP contribution is 2.48. The zero-order valence-corrected chi connectivity index (χ0v) is 12.7. The summed E-state index contributed by atoms with van der Waals surface area (Å²) in [5.74, 6) is 4.15. The number of hydrogen-bond acceptors (Lipinski definition) is 5. The molecule has 3 aromatic rings. The van der Waals surface area contributed by atoms with Gasteiger partial charge in [-0.2, -0.15) is 0 Å². The third kappa shape index (κ3) is 1.87. The highest BCUT2D eigenvalue weighted by atomic mass is 16.3. The summed E-state index contributed by atoms with van der Waals surface area (Å²) in [7, 11) is 0. The van der Waals surface area contributed by atoms with Crippen LogP contribution >= 0.6 is 0 Å². The van der Waals surface area contributed by atoms with Crippen LogP contribution in [0.25, 0.3) is 11.0 Å². The molecule has 3 atom stereocenters. The summed E-state index contributed by atoms with van der Waals surface area (Å²) in [6.07, 6.45) is 0.880. The average molecular weight is 307 g/mol. The molecule has 1 fully saturated rings. The predicted octanol–water partition coefficient (Wildman–Crippen LogP) is 3.04. The lowest BCUT2D eigenvalue weighted by atomic mass is 10.2. The third-order valence-electron chi connectivity index (χ3n) is 4.72. The number of benzene rings is 1. The predicted molar refractivity (Wildman–Crippen MR) is 88.3 cm³/mol. The fourth-order valence-electron chi connectivity index (χ4n) is 3.33. The van der Waals surface area contributed by atoms with Crippen LogP contribution in [0.4, 0.5) is 5.95 Å². The Bertz CT molecular complexity index is 938. The van der Waals surface area contributed by atoms with Gasteiger partial charge in [0.1, 0.15) is 11.5 Å². The lowest BCUT2D eigenvalue weighted by Crippen LogP contribution is -2.31. The van der Waals surface area contributed by atoms with Crippen LogP contribution in [-0.2, 0) is 0 Å². The van der Waals surface area contributed by atoms with Crippen molar-refractivity contribution in [1.82, 2.24) is 9.55 Å². The van der Waals surface area contributed by atoms with E-state index in [0.29, 0.717) is 23.7 Å². The quantitative estimate of drug-likeness (QED) is 0.762. The van der Waals surface area contributed by atoms with Gasteiger partial charge in [0.2, 0.25) is 5.95 Å². The molecule has 23 heavy (non-hydrogen) atoms. The molecule has 1 aliphatic heterocycles. The third-order valence-corrected chi connectivity index (χ3v) is 4.72. The van der Waals surface area contributed by atoms with Gasteiger partial charge >= 0.3 is 0 Å². The van der Waals surface area contributed by atoms with Crippen LogP contribution < -0.4 is 11.1 Å². The van der Waals surface area contributed by atoms with Crippen LogP contribution in [0.15, 0.2) is 45.8 Å². The number of rotatable bonds is 2. The van der Waals surface area contributed by atoms with Crippen LogP contribution in [0.3, 0.4) is 0 Å². The van der Waals surface area contributed by atoms with Crippen LogP contribution in [0.2, 0.25) is 0 Å². The van der Waals surface area contributed by atoms with E-state index in [4.69, 9.17) is 10.2 Å². The molecule has 3 N–H and O–H groups in total. The van der Waals surface area contributed by atoms with Crippen LogP contribution in [0.5, 0.6) is 0 Å². The normalized spacial score (nSPS) is 25.8. The minimum absolute atomic E-state index is 0.318. The molecule has 116 valence electrons. The first-order chi connectivity index (χ1) is 11.2. The molecule has 3 unspecified atom stereocenters. The van der Waals surface area contributed by atoms with Crippen LogP contribution in [-0.4, -0.2) is 15.5 Å². The number of nitrogens with zero attached hydrogens (tertiary/aromatic N) is 3. The second-order valence-electron chi connectivity index (χ2n) is 6.37. The Balaban J connectivity index is 1.64. The first-order valence-corrected chi connectivity index (χ1v) is 7.87. The number of nitrogens with two attached hydrogens (primary N) is 1. The average Bonchev–Trinajstić information content (AvgIpc) is 2.99. The number of para-hydroxylation sites is 2. The topological polar surface area (TPSA) is 81.4 Å². The first-order valence-electron chi connectivity index (χ1n) is 7.87. The van der Waals surface area contributed by atoms with Crippen molar-refractivity contribution in [2.75, 3.05) is 5.32 Å². The fraction of sp³-hybridized carbons (Fsp3) is 0.294. The number of fused-ring (bicyclic) bond motifs is 3. The molecule has 0 radical (unpaired) electrons. The molecule has 2 aromatic heterocycles. The van der Waals surface area contributed by atoms with Gasteiger partial charge < -0.3 is 10.2 Å². The molecule has 0 bridgehead atoms. The van der Waals surface area contributed by atoms with Crippen molar-refractivity contribution < 1.29 is 4.42 Å². The highest BCUT2D eigenvalue weighted by molar-refractivity contribution is 5.94. The number of aromatic nitrogens is 2. The van der Waals surface area contributed by atoms with E-state index in [9.17, 15) is 0 Å². The van der Waals surface area contributed by atoms with Crippen molar-refractivity contribution in [3.05, 3.63) is 47.9 Å². The Kier molecular flexibility index (Phi) is 2.43. The largest absolute Gasteiger partial charge is 0.461 e. The summed E-state index contributed by atoms with van der Waals surface area (Å²) in [4.78, 5) is 9.14. The molecular weight excluding hydrogens is 290 g/mol. The Morgan fingerprint density at radius 3 is 2.83 bits per heavy atom. The molecular formula is C17H17N5O. The lowest BCUT2D eigenvalue weighted by Gasteiger charge is -2.21. The maximum absolute atomic E-state index is 6.10. The van der Waals surface area contributed by atoms with Gasteiger partial charge in [-0.15, -0.1) is 0 Å². The van der Waals surface area contributed by atoms with E-state index in [1.54, 1.807) is 0 Å². The van der Waals surface area contributed by atoms with Gasteiger partial charge in [0, 0.05) is 5.92 Å². The minimum Gasteiger partial charge on any atom is -0.461 e. The van der Waals surface area contributed by atoms with Crippen LogP contribution in [0, 0.1) is 5.92 Å². The molecule has 1 aromatic carbocycles. The van der Waals surface area contributed by atoms with Crippen molar-refractivity contribution in [3.63, 3.8) is 0 Å². The van der Waals surface area contributed by atoms with E-state index in [1.807, 2.05) is 34.9 Å². The van der Waals surface area contributed by atoms with Gasteiger partial charge in [-0.3, -0.25) is 9.88 Å². The second-order valence-corrected chi connectivity index (χ2v) is 6.37. The Hall–Kier alpha value is -2.76. The van der Waals surface area contributed by atoms with Gasteiger partial charge in [0.05, 0.1) is 11.0 Å². The fourth-order valence-corrected chi connectivity index (χ4v) is 3.33. The van der Waals surface area contributed by atoms with Gasteiger partial charge in [0.25, 0.3) is 0 Å². The summed E-state index contributed by atoms with van der Waals surface area (Å²) in [5, 5.41) is 3.04.